The molecule has 5 saturated carbocycles. The zero-order chi connectivity index (χ0) is 27.8. The average Bonchev–Trinajstić information content (AvgIpc) is 3.59. The SMILES string of the molecule is CC1(C)C(O)CCC2(C)C1CCC1(C)C2CCC2C3CCCC3(C(O)C3OC(CO)C4OC4C3O)CC[C@]21C. The molecule has 4 N–H and O–H groups in total. The number of hydrogen-bond donors (Lipinski definition) is 4. The van der Waals surface area contributed by atoms with Crippen molar-refractivity contribution in [1.29, 1.82) is 0 Å². The summed E-state index contributed by atoms with van der Waals surface area (Å²) in [5, 5.41) is 44.0. The Balaban J connectivity index is 1.19. The van der Waals surface area contributed by atoms with Gasteiger partial charge in [-0.15, -0.1) is 0 Å². The second-order valence-electron chi connectivity index (χ2n) is 16.6. The number of aliphatic hydroxyl groups is 4. The first-order valence-corrected chi connectivity index (χ1v) is 16.3. The summed E-state index contributed by atoms with van der Waals surface area (Å²) in [6.07, 6.45) is 8.96. The topological polar surface area (TPSA) is 103 Å². The quantitative estimate of drug-likeness (QED) is 0.390. The van der Waals surface area contributed by atoms with Gasteiger partial charge in [-0.3, -0.25) is 0 Å². The molecule has 2 aliphatic heterocycles. The number of hydrogen-bond acceptors (Lipinski definition) is 6. The average molecular weight is 547 g/mol. The molecule has 222 valence electrons. The second kappa shape index (κ2) is 8.66. The van der Waals surface area contributed by atoms with Crippen LogP contribution in [0.2, 0.25) is 0 Å². The van der Waals surface area contributed by atoms with Crippen molar-refractivity contribution >= 4 is 0 Å². The Labute approximate surface area is 235 Å². The van der Waals surface area contributed by atoms with Gasteiger partial charge in [-0.1, -0.05) is 41.0 Å². The molecule has 6 heteroatoms. The molecule has 39 heavy (non-hydrogen) atoms. The maximum Gasteiger partial charge on any atom is 0.115 e. The number of aliphatic hydroxyl groups excluding tert-OH is 4. The van der Waals surface area contributed by atoms with E-state index in [0.717, 1.165) is 44.9 Å². The van der Waals surface area contributed by atoms with Crippen LogP contribution < -0.4 is 0 Å². The fraction of sp³-hybridized carbons (Fsp3) is 1.00. The molecule has 2 saturated heterocycles. The lowest BCUT2D eigenvalue weighted by atomic mass is 9.32. The highest BCUT2D eigenvalue weighted by molar-refractivity contribution is 5.20. The number of ether oxygens (including phenoxy) is 2. The zero-order valence-electron chi connectivity index (χ0n) is 24.9. The third kappa shape index (κ3) is 3.37. The van der Waals surface area contributed by atoms with Gasteiger partial charge in [0, 0.05) is 5.41 Å². The lowest BCUT2D eigenvalue weighted by molar-refractivity contribution is -0.260. The molecule has 2 heterocycles. The molecular formula is C33H54O6. The van der Waals surface area contributed by atoms with E-state index >= 15 is 0 Å². The molecule has 7 rings (SSSR count). The van der Waals surface area contributed by atoms with Gasteiger partial charge in [0.1, 0.15) is 30.5 Å². The Hall–Kier alpha value is -0.240. The molecule has 0 spiro atoms. The minimum Gasteiger partial charge on any atom is -0.394 e. The van der Waals surface area contributed by atoms with Crippen molar-refractivity contribution in [2.24, 2.45) is 50.7 Å². The van der Waals surface area contributed by atoms with Crippen LogP contribution in [-0.4, -0.2) is 69.8 Å². The van der Waals surface area contributed by atoms with Gasteiger partial charge in [0.25, 0.3) is 0 Å². The Morgan fingerprint density at radius 1 is 0.744 bits per heavy atom. The van der Waals surface area contributed by atoms with E-state index in [2.05, 4.69) is 34.6 Å². The Bertz CT molecular complexity index is 985. The molecule has 7 aliphatic rings. The van der Waals surface area contributed by atoms with Crippen LogP contribution in [0.15, 0.2) is 0 Å². The summed E-state index contributed by atoms with van der Waals surface area (Å²) in [7, 11) is 0. The highest BCUT2D eigenvalue weighted by Crippen LogP contribution is 2.77. The summed E-state index contributed by atoms with van der Waals surface area (Å²) in [6.45, 7) is 12.3. The lowest BCUT2D eigenvalue weighted by Crippen LogP contribution is -2.67. The van der Waals surface area contributed by atoms with Crippen LogP contribution >= 0.6 is 0 Å². The predicted octanol–water partition coefficient (Wildman–Crippen LogP) is 4.45. The summed E-state index contributed by atoms with van der Waals surface area (Å²) in [6, 6.07) is 0. The van der Waals surface area contributed by atoms with E-state index < -0.39 is 24.4 Å². The molecular weight excluding hydrogens is 492 g/mol. The molecule has 0 amide bonds. The molecule has 7 fully saturated rings. The van der Waals surface area contributed by atoms with Gasteiger partial charge < -0.3 is 29.9 Å². The van der Waals surface area contributed by atoms with Crippen molar-refractivity contribution in [3.8, 4) is 0 Å². The van der Waals surface area contributed by atoms with Crippen LogP contribution in [-0.2, 0) is 9.47 Å². The maximum absolute atomic E-state index is 12.1. The van der Waals surface area contributed by atoms with Crippen LogP contribution in [0.5, 0.6) is 0 Å². The Kier molecular flexibility index (Phi) is 6.13. The van der Waals surface area contributed by atoms with Crippen molar-refractivity contribution < 1.29 is 29.9 Å². The molecule has 5 aliphatic carbocycles. The van der Waals surface area contributed by atoms with Gasteiger partial charge in [0.2, 0.25) is 0 Å². The first-order valence-electron chi connectivity index (χ1n) is 16.3. The number of rotatable bonds is 3. The molecule has 0 aromatic carbocycles. The summed E-state index contributed by atoms with van der Waals surface area (Å²) in [5.74, 6) is 2.26. The van der Waals surface area contributed by atoms with Gasteiger partial charge in [-0.2, -0.15) is 0 Å². The van der Waals surface area contributed by atoms with Crippen LogP contribution in [0, 0.1) is 50.7 Å². The molecule has 14 unspecified atom stereocenters. The van der Waals surface area contributed by atoms with E-state index in [1.165, 1.54) is 25.7 Å². The summed E-state index contributed by atoms with van der Waals surface area (Å²) in [4.78, 5) is 0. The van der Waals surface area contributed by atoms with E-state index in [1.807, 2.05) is 0 Å². The fourth-order valence-electron chi connectivity index (χ4n) is 13.1. The lowest BCUT2D eigenvalue weighted by Gasteiger charge is -2.73. The first-order chi connectivity index (χ1) is 18.3. The molecule has 6 nitrogen and oxygen atoms in total. The highest BCUT2D eigenvalue weighted by Gasteiger charge is 2.71. The standard InChI is InChI=1S/C33H54O6/c1-29(2)21-10-14-32(5)22(30(21,3)13-11-23(29)35)9-8-18-19-7-6-12-33(19,16-15-31(18,32)4)28(37)27-24(36)26-25(39-26)20(17-34)38-27/h18-28,34-37H,6-17H2,1-5H3/t18?,19?,20?,21?,22?,23?,24?,25?,26?,27?,28?,30?,31-,32?,33?/m1/s1. The van der Waals surface area contributed by atoms with Crippen LogP contribution in [0.4, 0.5) is 0 Å². The Morgan fingerprint density at radius 3 is 2.26 bits per heavy atom. The van der Waals surface area contributed by atoms with Gasteiger partial charge in [-0.05, 0) is 110 Å². The van der Waals surface area contributed by atoms with Crippen molar-refractivity contribution in [2.45, 2.75) is 148 Å². The predicted molar refractivity (Wildman–Crippen MR) is 148 cm³/mol. The number of fused-ring (bicyclic) bond motifs is 8. The van der Waals surface area contributed by atoms with Crippen molar-refractivity contribution in [1.82, 2.24) is 0 Å². The maximum atomic E-state index is 12.1. The van der Waals surface area contributed by atoms with E-state index in [-0.39, 0.29) is 52.0 Å². The third-order valence-electron chi connectivity index (χ3n) is 15.4. The Morgan fingerprint density at radius 2 is 1.51 bits per heavy atom. The summed E-state index contributed by atoms with van der Waals surface area (Å²) < 4.78 is 11.8. The molecule has 0 aromatic heterocycles. The molecule has 0 aromatic rings. The van der Waals surface area contributed by atoms with Crippen LogP contribution in [0.3, 0.4) is 0 Å². The summed E-state index contributed by atoms with van der Waals surface area (Å²) in [5.41, 5.74) is 0.511. The highest BCUT2D eigenvalue weighted by atomic mass is 16.7. The normalized spacial score (nSPS) is 60.2. The van der Waals surface area contributed by atoms with Crippen molar-refractivity contribution in [3.05, 3.63) is 0 Å². The molecule has 0 radical (unpaired) electrons. The smallest absolute Gasteiger partial charge is 0.115 e. The largest absolute Gasteiger partial charge is 0.394 e. The van der Waals surface area contributed by atoms with E-state index in [9.17, 15) is 20.4 Å². The summed E-state index contributed by atoms with van der Waals surface area (Å²) >= 11 is 0. The van der Waals surface area contributed by atoms with E-state index in [1.54, 1.807) is 0 Å². The van der Waals surface area contributed by atoms with Crippen molar-refractivity contribution in [2.75, 3.05) is 6.61 Å². The van der Waals surface area contributed by atoms with Crippen molar-refractivity contribution in [3.63, 3.8) is 0 Å². The first kappa shape index (κ1) is 27.6. The monoisotopic (exact) mass is 546 g/mol. The van der Waals surface area contributed by atoms with Gasteiger partial charge in [0.15, 0.2) is 0 Å². The van der Waals surface area contributed by atoms with Crippen LogP contribution in [0.25, 0.3) is 0 Å². The fourth-order valence-corrected chi connectivity index (χ4v) is 13.1. The minimum absolute atomic E-state index is 0.0269. The third-order valence-corrected chi connectivity index (χ3v) is 15.4. The minimum atomic E-state index is -0.828. The van der Waals surface area contributed by atoms with Gasteiger partial charge >= 0.3 is 0 Å². The van der Waals surface area contributed by atoms with E-state index in [0.29, 0.717) is 23.7 Å². The molecule has 0 bridgehead atoms. The van der Waals surface area contributed by atoms with Gasteiger partial charge in [-0.25, -0.2) is 0 Å². The molecule has 15 atom stereocenters. The van der Waals surface area contributed by atoms with Gasteiger partial charge in [0.05, 0.1) is 18.8 Å². The second-order valence-corrected chi connectivity index (χ2v) is 16.6. The van der Waals surface area contributed by atoms with E-state index in [4.69, 9.17) is 9.47 Å². The zero-order valence-corrected chi connectivity index (χ0v) is 24.9. The number of epoxide rings is 1. The van der Waals surface area contributed by atoms with Crippen LogP contribution in [0.1, 0.15) is 105 Å².